The molecule has 2 rings (SSSR count). The first kappa shape index (κ1) is 26.0. The first-order chi connectivity index (χ1) is 15.7. The molecule has 6 N–H and O–H groups in total. The predicted octanol–water partition coefficient (Wildman–Crippen LogP) is 3.64. The van der Waals surface area contributed by atoms with Crippen LogP contribution in [0.15, 0.2) is 46.9 Å². The van der Waals surface area contributed by atoms with E-state index in [-0.39, 0.29) is 0 Å². The van der Waals surface area contributed by atoms with Crippen LogP contribution in [0.2, 0.25) is 0 Å². The highest BCUT2D eigenvalue weighted by molar-refractivity contribution is 5.52. The molecule has 0 fully saturated rings. The van der Waals surface area contributed by atoms with Crippen molar-refractivity contribution in [1.29, 1.82) is 0 Å². The number of aryl methyl sites for hydroxylation is 2. The van der Waals surface area contributed by atoms with Crippen LogP contribution in [0.5, 0.6) is 0 Å². The van der Waals surface area contributed by atoms with Gasteiger partial charge in [0.05, 0.1) is 38.6 Å². The molecule has 178 valence electrons. The minimum absolute atomic E-state index is 0.893. The highest BCUT2D eigenvalue weighted by Gasteiger charge is 2.17. The molecule has 0 radical (unpaired) electrons. The maximum absolute atomic E-state index is 4.63. The highest BCUT2D eigenvalue weighted by Crippen LogP contribution is 2.23. The van der Waals surface area contributed by atoms with Gasteiger partial charge < -0.3 is 16.4 Å². The van der Waals surface area contributed by atoms with Gasteiger partial charge in [-0.15, -0.1) is 0 Å². The summed E-state index contributed by atoms with van der Waals surface area (Å²) in [6.07, 6.45) is 13.9. The van der Waals surface area contributed by atoms with E-state index in [1.807, 2.05) is 0 Å². The normalized spacial score (nSPS) is 11.5. The van der Waals surface area contributed by atoms with Crippen molar-refractivity contribution in [2.75, 3.05) is 31.1 Å². The van der Waals surface area contributed by atoms with E-state index in [1.165, 1.54) is 44.2 Å². The van der Waals surface area contributed by atoms with Crippen LogP contribution < -0.4 is 20.9 Å². The lowest BCUT2D eigenvalue weighted by molar-refractivity contribution is -0.686. The van der Waals surface area contributed by atoms with Crippen LogP contribution in [-0.4, -0.2) is 30.7 Å². The van der Waals surface area contributed by atoms with E-state index in [4.69, 9.17) is 0 Å². The van der Waals surface area contributed by atoms with Crippen LogP contribution in [0.25, 0.3) is 0 Å². The molecule has 0 unspecified atom stereocenters. The van der Waals surface area contributed by atoms with Crippen molar-refractivity contribution >= 4 is 17.3 Å². The zero-order valence-corrected chi connectivity index (χ0v) is 20.5. The Morgan fingerprint density at radius 2 is 1.50 bits per heavy atom. The van der Waals surface area contributed by atoms with Gasteiger partial charge in [0.15, 0.2) is 0 Å². The molecule has 1 aromatic heterocycles. The highest BCUT2D eigenvalue weighted by atomic mass is 15.3. The predicted molar refractivity (Wildman–Crippen MR) is 131 cm³/mol. The Bertz CT molecular complexity index is 732. The Balaban J connectivity index is 2.11. The number of aromatic nitrogens is 2. The number of benzene rings is 1. The van der Waals surface area contributed by atoms with E-state index < -0.39 is 0 Å². The molecule has 7 nitrogen and oxygen atoms in total. The zero-order chi connectivity index (χ0) is 23.0. The number of quaternary nitrogens is 2. The number of nitrogens with zero attached hydrogens (tertiary/aromatic N) is 5. The van der Waals surface area contributed by atoms with E-state index in [1.54, 1.807) is 0 Å². The van der Waals surface area contributed by atoms with Gasteiger partial charge in [0.25, 0.3) is 0 Å². The van der Waals surface area contributed by atoms with Crippen LogP contribution in [0.1, 0.15) is 65.2 Å². The molecule has 32 heavy (non-hydrogen) atoms. The molecular formula is C25H46N7+3. The largest absolute Gasteiger partial charge is 0.421 e. The minimum atomic E-state index is 0.893. The molecule has 0 aliphatic carbocycles. The molecule has 0 saturated carbocycles. The third-order valence-corrected chi connectivity index (χ3v) is 5.77. The molecule has 7 heteroatoms. The second kappa shape index (κ2) is 15.5. The lowest BCUT2D eigenvalue weighted by Gasteiger charge is -2.25. The molecule has 0 spiro atoms. The Morgan fingerprint density at radius 3 is 2.09 bits per heavy atom. The van der Waals surface area contributed by atoms with Crippen molar-refractivity contribution in [3.05, 3.63) is 36.7 Å². The SMILES string of the molecule is CCCCCN(CCCCC)c1ccc(N=Nc2n(CCC[NH3+])cc[n+]2CCC[NH3+])cc1. The Kier molecular flexibility index (Phi) is 12.6. The molecule has 1 heterocycles. The Hall–Kier alpha value is -2.25. The van der Waals surface area contributed by atoms with E-state index in [2.05, 4.69) is 86.2 Å². The summed E-state index contributed by atoms with van der Waals surface area (Å²) in [6.45, 7) is 10.5. The van der Waals surface area contributed by atoms with Crippen molar-refractivity contribution < 1.29 is 16.0 Å². The van der Waals surface area contributed by atoms with Gasteiger partial charge >= 0.3 is 5.95 Å². The second-order valence-corrected chi connectivity index (χ2v) is 8.52. The van der Waals surface area contributed by atoms with Crippen molar-refractivity contribution in [3.63, 3.8) is 0 Å². The molecule has 0 atom stereocenters. The first-order valence-corrected chi connectivity index (χ1v) is 12.7. The van der Waals surface area contributed by atoms with Gasteiger partial charge in [-0.3, -0.25) is 0 Å². The van der Waals surface area contributed by atoms with Crippen LogP contribution in [-0.2, 0) is 13.1 Å². The van der Waals surface area contributed by atoms with Gasteiger partial charge in [0, 0.05) is 36.7 Å². The number of anilines is 1. The van der Waals surface area contributed by atoms with Crippen LogP contribution in [0, 0.1) is 0 Å². The summed E-state index contributed by atoms with van der Waals surface area (Å²) in [5.74, 6) is 0.900. The topological polar surface area (TPSA) is 92.0 Å². The van der Waals surface area contributed by atoms with Crippen molar-refractivity contribution in [3.8, 4) is 0 Å². The number of unbranched alkanes of at least 4 members (excludes halogenated alkanes) is 4. The second-order valence-electron chi connectivity index (χ2n) is 8.52. The van der Waals surface area contributed by atoms with Crippen LogP contribution in [0.3, 0.4) is 0 Å². The van der Waals surface area contributed by atoms with Crippen molar-refractivity contribution in [2.24, 2.45) is 10.2 Å². The van der Waals surface area contributed by atoms with E-state index in [9.17, 15) is 0 Å². The van der Waals surface area contributed by atoms with Crippen LogP contribution >= 0.6 is 0 Å². The van der Waals surface area contributed by atoms with E-state index in [0.717, 1.165) is 63.7 Å². The summed E-state index contributed by atoms with van der Waals surface area (Å²) in [5.41, 5.74) is 10.1. The smallest absolute Gasteiger partial charge is 0.372 e. The number of rotatable bonds is 17. The standard InChI is InChI=1S/C25H44N7/c1-3-5-7-17-30(18-8-6-4-2)24-13-11-23(12-14-24)28-29-25-31(19-9-15-26)21-22-32(25)20-10-16-27/h11-14,21-22H,3-10,15-20,26-27H2,1-2H3/q+1/p+2. The van der Waals surface area contributed by atoms with Gasteiger partial charge in [-0.1, -0.05) is 44.6 Å². The lowest BCUT2D eigenvalue weighted by atomic mass is 10.2. The molecule has 0 bridgehead atoms. The quantitative estimate of drug-likeness (QED) is 0.218. The summed E-state index contributed by atoms with van der Waals surface area (Å²) >= 11 is 0. The van der Waals surface area contributed by atoms with E-state index in [0.29, 0.717) is 0 Å². The molecule has 0 aliphatic rings. The molecule has 0 aliphatic heterocycles. The van der Waals surface area contributed by atoms with Gasteiger partial charge in [-0.05, 0) is 37.1 Å². The third kappa shape index (κ3) is 8.71. The average molecular weight is 445 g/mol. The summed E-state index contributed by atoms with van der Waals surface area (Å²) < 4.78 is 4.35. The molecule has 0 amide bonds. The molecule has 0 saturated heterocycles. The lowest BCUT2D eigenvalue weighted by Crippen LogP contribution is -2.51. The molecule has 2 aromatic rings. The number of azo groups is 1. The number of hydrogen-bond acceptors (Lipinski definition) is 3. The minimum Gasteiger partial charge on any atom is -0.372 e. The fourth-order valence-electron chi connectivity index (χ4n) is 3.80. The van der Waals surface area contributed by atoms with Gasteiger partial charge in [-0.2, -0.15) is 0 Å². The maximum Gasteiger partial charge on any atom is 0.421 e. The van der Waals surface area contributed by atoms with Gasteiger partial charge in [-0.25, -0.2) is 9.13 Å². The summed E-state index contributed by atoms with van der Waals surface area (Å²) in [4.78, 5) is 2.53. The third-order valence-electron chi connectivity index (χ3n) is 5.77. The fourth-order valence-corrected chi connectivity index (χ4v) is 3.80. The van der Waals surface area contributed by atoms with E-state index >= 15 is 0 Å². The van der Waals surface area contributed by atoms with Crippen molar-refractivity contribution in [2.45, 2.75) is 78.3 Å². The summed E-state index contributed by atoms with van der Waals surface area (Å²) in [7, 11) is 0. The summed E-state index contributed by atoms with van der Waals surface area (Å²) in [6, 6.07) is 8.58. The van der Waals surface area contributed by atoms with Crippen LogP contribution in [0.4, 0.5) is 17.3 Å². The molecular weight excluding hydrogens is 398 g/mol. The first-order valence-electron chi connectivity index (χ1n) is 12.7. The van der Waals surface area contributed by atoms with Gasteiger partial charge in [0.2, 0.25) is 0 Å². The number of hydrogen-bond donors (Lipinski definition) is 2. The van der Waals surface area contributed by atoms with Crippen molar-refractivity contribution in [1.82, 2.24) is 4.57 Å². The summed E-state index contributed by atoms with van der Waals surface area (Å²) in [5, 5.41) is 9.21. The monoisotopic (exact) mass is 444 g/mol. The number of imidazole rings is 1. The average Bonchev–Trinajstić information content (AvgIpc) is 3.21. The Morgan fingerprint density at radius 1 is 0.844 bits per heavy atom. The fraction of sp³-hybridized carbons (Fsp3) is 0.640. The van der Waals surface area contributed by atoms with Gasteiger partial charge in [0.1, 0.15) is 5.69 Å². The maximum atomic E-state index is 4.63. The Labute approximate surface area is 194 Å². The zero-order valence-electron chi connectivity index (χ0n) is 20.5. The molecule has 1 aromatic carbocycles.